The first-order chi connectivity index (χ1) is 29.8. The van der Waals surface area contributed by atoms with Gasteiger partial charge in [0.05, 0.1) is 15.9 Å². The first kappa shape index (κ1) is 47.2. The molecular formula is C48H55F2N3O8S3. The number of alkyl halides is 2. The lowest BCUT2D eigenvalue weighted by Crippen LogP contribution is -2.36. The molecule has 0 bridgehead atoms. The summed E-state index contributed by atoms with van der Waals surface area (Å²) in [5, 5.41) is 0.0593. The standard InChI is InChI=1S/C48H55F2N3O8S3/c1-46(2)41(52(29-11-13-31-62(54,55)56)39-25-21-33-15-7-9-17-37(33)43(39)46)27-23-35-19-20-36(45(35)51(6)64(60,61)48(5,49)50)24-28-42-47(3,4)44-38-18-10-8-16-34(38)22-26-40(44)53(42)30-12-14-32-63(57,58)59/h7-10,15-18,21-28H,11-14,19-20,29-32H2,1-6H3,(H-,54,55,56,57,58,59). The summed E-state index contributed by atoms with van der Waals surface area (Å²) in [6, 6.07) is 24.1. The highest BCUT2D eigenvalue weighted by molar-refractivity contribution is 7.86. The lowest BCUT2D eigenvalue weighted by atomic mass is 9.81. The molecule has 1 fully saturated rings. The molecular weight excluding hydrogens is 881 g/mol. The van der Waals surface area contributed by atoms with E-state index in [0.29, 0.717) is 60.8 Å². The molecule has 7 rings (SSSR count). The van der Waals surface area contributed by atoms with E-state index in [4.69, 9.17) is 0 Å². The number of anilines is 2. The van der Waals surface area contributed by atoms with Crippen molar-refractivity contribution in [3.63, 3.8) is 0 Å². The smallest absolute Gasteiger partial charge is 0.429 e. The van der Waals surface area contributed by atoms with Gasteiger partial charge in [0, 0.05) is 70.5 Å². The van der Waals surface area contributed by atoms with E-state index in [1.807, 2.05) is 78.9 Å². The summed E-state index contributed by atoms with van der Waals surface area (Å²) in [6.45, 7) is 9.51. The second-order valence-corrected chi connectivity index (χ2v) is 23.3. The van der Waals surface area contributed by atoms with Crippen LogP contribution in [0.4, 0.5) is 20.2 Å². The van der Waals surface area contributed by atoms with Crippen LogP contribution in [0.5, 0.6) is 0 Å². The average molecular weight is 936 g/mol. The average Bonchev–Trinajstić information content (AvgIpc) is 3.78. The number of allylic oxidation sites excluding steroid dienone is 8. The molecule has 2 heterocycles. The van der Waals surface area contributed by atoms with E-state index in [-0.39, 0.29) is 24.3 Å². The molecule has 3 aliphatic rings. The highest BCUT2D eigenvalue weighted by atomic mass is 32.2. The van der Waals surface area contributed by atoms with Gasteiger partial charge in [-0.2, -0.15) is 25.6 Å². The summed E-state index contributed by atoms with van der Waals surface area (Å²) >= 11 is 0. The molecule has 0 radical (unpaired) electrons. The van der Waals surface area contributed by atoms with Crippen LogP contribution in [0.25, 0.3) is 21.5 Å². The van der Waals surface area contributed by atoms with Gasteiger partial charge in [0.1, 0.15) is 0 Å². The highest BCUT2D eigenvalue weighted by Crippen LogP contribution is 2.52. The van der Waals surface area contributed by atoms with Crippen molar-refractivity contribution in [1.82, 2.24) is 0 Å². The van der Waals surface area contributed by atoms with E-state index in [9.17, 15) is 43.1 Å². The van der Waals surface area contributed by atoms with Crippen molar-refractivity contribution in [3.8, 4) is 0 Å². The van der Waals surface area contributed by atoms with Crippen LogP contribution < -0.4 is 9.80 Å². The van der Waals surface area contributed by atoms with Gasteiger partial charge in [-0.15, -0.1) is 3.98 Å². The summed E-state index contributed by atoms with van der Waals surface area (Å²) in [4.78, 5) is 4.21. The molecule has 0 unspecified atom stereocenters. The topological polar surface area (TPSA) is 155 Å². The minimum absolute atomic E-state index is 0.139. The first-order valence-electron chi connectivity index (χ1n) is 21.4. The first-order valence-corrected chi connectivity index (χ1v) is 26.0. The molecule has 0 aromatic heterocycles. The Morgan fingerprint density at radius 3 is 1.50 bits per heavy atom. The fraction of sp³-hybridized carbons (Fsp3) is 0.396. The minimum atomic E-state index is -5.18. The Labute approximate surface area is 375 Å². The zero-order valence-corrected chi connectivity index (χ0v) is 39.4. The Bertz CT molecular complexity index is 2860. The second kappa shape index (κ2) is 17.2. The minimum Gasteiger partial charge on any atom is -0.748 e. The Morgan fingerprint density at radius 1 is 0.672 bits per heavy atom. The van der Waals surface area contributed by atoms with Gasteiger partial charge in [-0.3, -0.25) is 4.55 Å². The molecule has 11 nitrogen and oxygen atoms in total. The van der Waals surface area contributed by atoms with Gasteiger partial charge in [-0.25, -0.2) is 8.42 Å². The molecule has 1 saturated carbocycles. The predicted octanol–water partition coefficient (Wildman–Crippen LogP) is 9.32. The Balaban J connectivity index is 1.35. The third-order valence-electron chi connectivity index (χ3n) is 12.9. The van der Waals surface area contributed by atoms with Gasteiger partial charge in [-0.05, 0) is 95.5 Å². The van der Waals surface area contributed by atoms with Crippen LogP contribution in [-0.4, -0.2) is 80.9 Å². The molecule has 2 aliphatic heterocycles. The normalized spacial score (nSPS) is 21.0. The number of nitrogens with zero attached hydrogens (tertiary/aromatic N) is 3. The summed E-state index contributed by atoms with van der Waals surface area (Å²) < 4.78 is 125. The Morgan fingerprint density at radius 2 is 1.09 bits per heavy atom. The second-order valence-electron chi connectivity index (χ2n) is 18.0. The Hall–Kier alpha value is -4.74. The molecule has 16 heteroatoms. The molecule has 0 atom stereocenters. The van der Waals surface area contributed by atoms with Crippen molar-refractivity contribution >= 4 is 68.9 Å². The van der Waals surface area contributed by atoms with Gasteiger partial charge in [0.15, 0.2) is 7.05 Å². The number of hydrogen-bond donors (Lipinski definition) is 1. The molecule has 1 aliphatic carbocycles. The number of sulfonamides is 1. The number of fused-ring (bicyclic) bond motifs is 6. The van der Waals surface area contributed by atoms with Crippen LogP contribution >= 0.6 is 0 Å². The van der Waals surface area contributed by atoms with Crippen LogP contribution in [0, 0.1) is 0 Å². The molecule has 64 heavy (non-hydrogen) atoms. The van der Waals surface area contributed by atoms with E-state index in [1.54, 1.807) is 12.2 Å². The van der Waals surface area contributed by atoms with E-state index in [2.05, 4.69) is 43.6 Å². The molecule has 4 aromatic rings. The number of benzene rings is 4. The predicted molar refractivity (Wildman–Crippen MR) is 250 cm³/mol. The lowest BCUT2D eigenvalue weighted by Gasteiger charge is -2.27. The monoisotopic (exact) mass is 935 g/mol. The lowest BCUT2D eigenvalue weighted by molar-refractivity contribution is -0.334. The summed E-state index contributed by atoms with van der Waals surface area (Å²) in [5.41, 5.74) is 5.65. The maximum absolute atomic E-state index is 15.0. The fourth-order valence-corrected chi connectivity index (χ4v) is 11.9. The van der Waals surface area contributed by atoms with Crippen molar-refractivity contribution in [1.29, 1.82) is 0 Å². The van der Waals surface area contributed by atoms with Crippen LogP contribution in [0.1, 0.15) is 84.3 Å². The third-order valence-corrected chi connectivity index (χ3v) is 16.3. The van der Waals surface area contributed by atoms with E-state index < -0.39 is 52.1 Å². The number of rotatable bonds is 14. The largest absolute Gasteiger partial charge is 0.748 e. The molecule has 4 aromatic carbocycles. The number of hydrogen-bond acceptors (Lipinski definition) is 9. The maximum Gasteiger partial charge on any atom is 0.429 e. The van der Waals surface area contributed by atoms with Crippen molar-refractivity contribution in [2.75, 3.05) is 41.4 Å². The van der Waals surface area contributed by atoms with Crippen molar-refractivity contribution in [2.24, 2.45) is 0 Å². The molecule has 0 spiro atoms. The fourth-order valence-electron chi connectivity index (χ4n) is 9.82. The summed E-state index contributed by atoms with van der Waals surface area (Å²) in [6.07, 6.45) is 9.31. The molecule has 342 valence electrons. The highest BCUT2D eigenvalue weighted by Gasteiger charge is 2.50. The quantitative estimate of drug-likeness (QED) is 0.0735. The summed E-state index contributed by atoms with van der Waals surface area (Å²) in [5.74, 6) is -0.871. The van der Waals surface area contributed by atoms with Gasteiger partial charge < -0.3 is 14.4 Å². The Kier molecular flexibility index (Phi) is 12.7. The van der Waals surface area contributed by atoms with Crippen molar-refractivity contribution in [3.05, 3.63) is 131 Å². The van der Waals surface area contributed by atoms with Crippen LogP contribution in [0.15, 0.2) is 120 Å². The number of halogens is 2. The van der Waals surface area contributed by atoms with Gasteiger partial charge in [0.2, 0.25) is 5.71 Å². The van der Waals surface area contributed by atoms with Gasteiger partial charge >= 0.3 is 15.3 Å². The SMILES string of the molecule is C[N+](=C1C(=CC=C2N(CCCCS(=O)(=O)[O-])c3ccc4ccccc4c3C2(C)C)CC/C1=C\C=C1\N(CCCCS(=O)(=O)O)c2ccc3ccccc3c2C1(C)C)S(=O)(=O)C(C)(F)F. The van der Waals surface area contributed by atoms with Crippen molar-refractivity contribution < 1.29 is 47.1 Å². The van der Waals surface area contributed by atoms with E-state index in [0.717, 1.165) is 62.5 Å². The van der Waals surface area contributed by atoms with Crippen molar-refractivity contribution in [2.45, 2.75) is 89.2 Å². The van der Waals surface area contributed by atoms with Crippen LogP contribution in [0.2, 0.25) is 0 Å². The van der Waals surface area contributed by atoms with E-state index >= 15 is 0 Å². The van der Waals surface area contributed by atoms with Crippen LogP contribution in [-0.2, 0) is 41.1 Å². The third kappa shape index (κ3) is 9.08. The molecule has 0 saturated heterocycles. The zero-order valence-electron chi connectivity index (χ0n) is 36.9. The number of unbranched alkanes of at least 4 members (excludes halogenated alkanes) is 2. The summed E-state index contributed by atoms with van der Waals surface area (Å²) in [7, 11) is -12.6. The van der Waals surface area contributed by atoms with Gasteiger partial charge in [-0.1, -0.05) is 101 Å². The van der Waals surface area contributed by atoms with E-state index in [1.165, 1.54) is 0 Å². The molecule has 0 amide bonds. The molecule has 1 N–H and O–H groups in total. The maximum atomic E-state index is 15.0. The van der Waals surface area contributed by atoms with Crippen LogP contribution in [0.3, 0.4) is 0 Å². The zero-order chi connectivity index (χ0) is 46.6. The van der Waals surface area contributed by atoms with Gasteiger partial charge in [0.25, 0.3) is 10.1 Å².